The summed E-state index contributed by atoms with van der Waals surface area (Å²) < 4.78 is 5.08. The van der Waals surface area contributed by atoms with Gasteiger partial charge < -0.3 is 4.57 Å². The van der Waals surface area contributed by atoms with Crippen molar-refractivity contribution in [3.8, 4) is 39.1 Å². The summed E-state index contributed by atoms with van der Waals surface area (Å²) in [5, 5.41) is 16.9. The average Bonchev–Trinajstić information content (AvgIpc) is 3.94. The lowest BCUT2D eigenvalue weighted by Gasteiger charge is -2.21. The highest BCUT2D eigenvalue weighted by Gasteiger charge is 2.24. The molecule has 13 aromatic rings. The van der Waals surface area contributed by atoms with E-state index in [9.17, 15) is 0 Å². The Morgan fingerprint density at radius 2 is 0.879 bits per heavy atom. The van der Waals surface area contributed by atoms with Crippen molar-refractivity contribution in [1.29, 1.82) is 0 Å². The van der Waals surface area contributed by atoms with Gasteiger partial charge in [-0.3, -0.25) is 0 Å². The zero-order valence-corrected chi connectivity index (χ0v) is 36.9. The highest BCUT2D eigenvalue weighted by molar-refractivity contribution is 7.26. The molecule has 11 aromatic carbocycles. The Morgan fingerprint density at radius 1 is 0.364 bits per heavy atom. The number of thiophene rings is 1. The van der Waals surface area contributed by atoms with Gasteiger partial charge in [-0.25, -0.2) is 0 Å². The van der Waals surface area contributed by atoms with Gasteiger partial charge in [0.15, 0.2) is 0 Å². The molecule has 0 saturated heterocycles. The van der Waals surface area contributed by atoms with E-state index in [1.807, 2.05) is 11.3 Å². The van der Waals surface area contributed by atoms with Crippen LogP contribution in [0.5, 0.6) is 0 Å². The first-order chi connectivity index (χ1) is 32.8. The van der Waals surface area contributed by atoms with Crippen molar-refractivity contribution in [1.82, 2.24) is 4.57 Å². The van der Waals surface area contributed by atoms with E-state index >= 15 is 0 Å². The summed E-state index contributed by atoms with van der Waals surface area (Å²) >= 11 is 1.90. The zero-order chi connectivity index (χ0) is 43.3. The Hall–Kier alpha value is -8.04. The van der Waals surface area contributed by atoms with Gasteiger partial charge in [-0.15, -0.1) is 11.3 Å². The van der Waals surface area contributed by atoms with Gasteiger partial charge in [0.25, 0.3) is 0 Å². The summed E-state index contributed by atoms with van der Waals surface area (Å²) in [4.78, 5) is 0. The molecule has 66 heavy (non-hydrogen) atoms. The molecule has 0 spiro atoms. The van der Waals surface area contributed by atoms with Crippen LogP contribution in [0.25, 0.3) is 125 Å². The molecule has 0 atom stereocenters. The van der Waals surface area contributed by atoms with E-state index in [-0.39, 0.29) is 0 Å². The van der Waals surface area contributed by atoms with Crippen LogP contribution in [-0.4, -0.2) is 4.57 Å². The van der Waals surface area contributed by atoms with Crippen molar-refractivity contribution in [2.75, 3.05) is 0 Å². The maximum Gasteiger partial charge on any atom is 0.0541 e. The standard InChI is InChI=1S/C64H41NS/c1-3-19-40(20-4-1)59-43-23-7-9-25-45(43)60(46-26-10-8-24-44(46)59)41-37-38-57-54(39-41)64-53(33-18-36-58(64)66-57)62-49-29-13-11-27-47(49)61(48-28-12-14-30-50(48)62)52-32-17-35-56-63(52)51-31-15-16-34-55(51)65(56)42-21-5-2-6-22-42/h1-16,18-31,33-39H,17,32H2. The molecular formula is C64H41NS. The zero-order valence-electron chi connectivity index (χ0n) is 36.1. The first kappa shape index (κ1) is 37.3. The smallest absolute Gasteiger partial charge is 0.0541 e. The normalized spacial score (nSPS) is 12.8. The minimum Gasteiger partial charge on any atom is -0.310 e. The predicted molar refractivity (Wildman–Crippen MR) is 284 cm³/mol. The van der Waals surface area contributed by atoms with Gasteiger partial charge in [-0.2, -0.15) is 0 Å². The van der Waals surface area contributed by atoms with Gasteiger partial charge in [0.2, 0.25) is 0 Å². The van der Waals surface area contributed by atoms with Gasteiger partial charge in [0.1, 0.15) is 0 Å². The fourth-order valence-electron chi connectivity index (χ4n) is 11.6. The summed E-state index contributed by atoms with van der Waals surface area (Å²) in [6.45, 7) is 0. The molecule has 0 radical (unpaired) electrons. The number of fused-ring (bicyclic) bond motifs is 10. The molecular weight excluding hydrogens is 815 g/mol. The molecule has 1 aliphatic rings. The summed E-state index contributed by atoms with van der Waals surface area (Å²) in [6, 6.07) is 81.3. The van der Waals surface area contributed by atoms with E-state index in [2.05, 4.69) is 229 Å². The summed E-state index contributed by atoms with van der Waals surface area (Å²) in [5.41, 5.74) is 12.9. The number of para-hydroxylation sites is 2. The lowest BCUT2D eigenvalue weighted by Crippen LogP contribution is -2.33. The van der Waals surface area contributed by atoms with Crippen LogP contribution in [-0.2, 0) is 0 Å². The van der Waals surface area contributed by atoms with Gasteiger partial charge in [0, 0.05) is 36.5 Å². The number of benzene rings is 11. The van der Waals surface area contributed by atoms with Crippen LogP contribution >= 0.6 is 11.3 Å². The average molecular weight is 856 g/mol. The Balaban J connectivity index is 1.05. The second-order valence-electron chi connectivity index (χ2n) is 17.7. The highest BCUT2D eigenvalue weighted by Crippen LogP contribution is 2.49. The first-order valence-electron chi connectivity index (χ1n) is 23.1. The predicted octanol–water partition coefficient (Wildman–Crippen LogP) is 16.4. The van der Waals surface area contributed by atoms with Crippen LogP contribution in [0.3, 0.4) is 0 Å². The molecule has 0 unspecified atom stereocenters. The minimum atomic E-state index is 0.979. The SMILES string of the molecule is C1=c2c(c3ccccc3n2-c2ccccc2)=C(c2c3ccccc3c(-c3cccc4sc5ccc(-c6c7ccccc7c(-c7ccccc7)c7ccccc67)cc5c34)c3ccccc23)CC1. The lowest BCUT2D eigenvalue weighted by atomic mass is 9.82. The van der Waals surface area contributed by atoms with Gasteiger partial charge in [-0.05, 0) is 137 Å². The molecule has 0 saturated carbocycles. The molecule has 0 aliphatic heterocycles. The van der Waals surface area contributed by atoms with Crippen LogP contribution in [0.1, 0.15) is 18.4 Å². The summed E-state index contributed by atoms with van der Waals surface area (Å²) in [5.74, 6) is 0. The molecule has 0 bridgehead atoms. The Labute approximate surface area is 386 Å². The van der Waals surface area contributed by atoms with Gasteiger partial charge in [0.05, 0.1) is 10.9 Å². The number of rotatable bonds is 5. The maximum absolute atomic E-state index is 2.49. The van der Waals surface area contributed by atoms with Crippen molar-refractivity contribution in [2.45, 2.75) is 12.8 Å². The maximum atomic E-state index is 2.49. The molecule has 0 N–H and O–H groups in total. The molecule has 1 nitrogen and oxygen atoms in total. The van der Waals surface area contributed by atoms with Crippen LogP contribution in [0.2, 0.25) is 0 Å². The van der Waals surface area contributed by atoms with Crippen molar-refractivity contribution in [3.63, 3.8) is 0 Å². The van der Waals surface area contributed by atoms with Gasteiger partial charge >= 0.3 is 0 Å². The van der Waals surface area contributed by atoms with Crippen molar-refractivity contribution in [3.05, 3.63) is 235 Å². The fourth-order valence-corrected chi connectivity index (χ4v) is 12.8. The molecule has 0 fully saturated rings. The van der Waals surface area contributed by atoms with Gasteiger partial charge in [-0.1, -0.05) is 188 Å². The molecule has 0 amide bonds. The van der Waals surface area contributed by atoms with Crippen LogP contribution in [0.4, 0.5) is 0 Å². The Bertz CT molecular complexity index is 4150. The van der Waals surface area contributed by atoms with Crippen LogP contribution < -0.4 is 10.6 Å². The fraction of sp³-hybridized carbons (Fsp3) is 0.0312. The molecule has 1 aliphatic carbocycles. The molecule has 2 heterocycles. The Morgan fingerprint density at radius 3 is 1.50 bits per heavy atom. The van der Waals surface area contributed by atoms with E-state index in [0.29, 0.717) is 0 Å². The van der Waals surface area contributed by atoms with Crippen molar-refractivity contribution < 1.29 is 0 Å². The van der Waals surface area contributed by atoms with E-state index in [0.717, 1.165) is 12.8 Å². The minimum absolute atomic E-state index is 0.979. The van der Waals surface area contributed by atoms with E-state index in [1.54, 1.807) is 0 Å². The van der Waals surface area contributed by atoms with E-state index in [4.69, 9.17) is 0 Å². The second kappa shape index (κ2) is 14.8. The summed E-state index contributed by atoms with van der Waals surface area (Å²) in [7, 11) is 0. The first-order valence-corrected chi connectivity index (χ1v) is 23.9. The third-order valence-corrected chi connectivity index (χ3v) is 15.4. The topological polar surface area (TPSA) is 4.93 Å². The Kier molecular flexibility index (Phi) is 8.35. The third-order valence-electron chi connectivity index (χ3n) is 14.2. The second-order valence-corrected chi connectivity index (χ2v) is 18.8. The van der Waals surface area contributed by atoms with Crippen LogP contribution in [0.15, 0.2) is 218 Å². The molecule has 14 rings (SSSR count). The number of aromatic nitrogens is 1. The largest absolute Gasteiger partial charge is 0.310 e. The number of nitrogens with zero attached hydrogens (tertiary/aromatic N) is 1. The third kappa shape index (κ3) is 5.46. The molecule has 2 aromatic heterocycles. The van der Waals surface area contributed by atoms with Crippen molar-refractivity contribution >= 4 is 97.2 Å². The molecule has 308 valence electrons. The van der Waals surface area contributed by atoms with E-state index < -0.39 is 0 Å². The van der Waals surface area contributed by atoms with Crippen LogP contribution in [0, 0.1) is 0 Å². The van der Waals surface area contributed by atoms with Crippen molar-refractivity contribution in [2.24, 2.45) is 0 Å². The monoisotopic (exact) mass is 855 g/mol. The highest BCUT2D eigenvalue weighted by atomic mass is 32.1. The quantitative estimate of drug-likeness (QED) is 0.152. The summed E-state index contributed by atoms with van der Waals surface area (Å²) in [6.07, 6.45) is 4.43. The lowest BCUT2D eigenvalue weighted by molar-refractivity contribution is 1.01. The molecule has 2 heteroatoms. The number of hydrogen-bond donors (Lipinski definition) is 0. The van der Waals surface area contributed by atoms with E-state index in [1.165, 1.54) is 135 Å². The number of hydrogen-bond acceptors (Lipinski definition) is 1.